The Morgan fingerprint density at radius 3 is 2.16 bits per heavy atom. The van der Waals surface area contributed by atoms with Crippen LogP contribution in [0.1, 0.15) is 31.2 Å². The molecule has 1 aromatic rings. The van der Waals surface area contributed by atoms with Gasteiger partial charge >= 0.3 is 6.16 Å². The van der Waals surface area contributed by atoms with Crippen LogP contribution in [0.5, 0.6) is 0 Å². The third-order valence-electron chi connectivity index (χ3n) is 4.05. The van der Waals surface area contributed by atoms with E-state index in [4.69, 9.17) is 20.2 Å². The van der Waals surface area contributed by atoms with E-state index in [2.05, 4.69) is 5.32 Å². The molecule has 5 N–H and O–H groups in total. The van der Waals surface area contributed by atoms with Gasteiger partial charge in [0.2, 0.25) is 11.8 Å². The molecule has 0 spiro atoms. The van der Waals surface area contributed by atoms with Crippen LogP contribution < -0.4 is 10.8 Å². The highest BCUT2D eigenvalue weighted by atomic mass is 16.6. The standard InChI is InChI=1S/C16H22N2O3.CH2O3/c19-15(13-8-4-5-9-13)17-11-14(16(20)18-21)10-12-6-2-1-3-7-12;2-1(3)4/h1-3,6-7,13-14,21H,4-5,8-11H2,(H,17,19)(H,18,20);(H2,2,3,4). The number of hydrogen-bond donors (Lipinski definition) is 5. The lowest BCUT2D eigenvalue weighted by Gasteiger charge is -2.17. The molecule has 0 heterocycles. The summed E-state index contributed by atoms with van der Waals surface area (Å²) in [5, 5.41) is 25.6. The van der Waals surface area contributed by atoms with Crippen molar-refractivity contribution >= 4 is 18.0 Å². The van der Waals surface area contributed by atoms with Crippen LogP contribution in [0.4, 0.5) is 4.79 Å². The minimum absolute atomic E-state index is 0.0244. The van der Waals surface area contributed by atoms with Crippen LogP contribution >= 0.6 is 0 Å². The third-order valence-corrected chi connectivity index (χ3v) is 4.05. The lowest BCUT2D eigenvalue weighted by Crippen LogP contribution is -2.40. The number of rotatable bonds is 6. The van der Waals surface area contributed by atoms with Gasteiger partial charge in [-0.1, -0.05) is 43.2 Å². The summed E-state index contributed by atoms with van der Waals surface area (Å²) in [6.07, 6.45) is 2.71. The number of carboxylic acid groups (broad SMARTS) is 2. The van der Waals surface area contributed by atoms with Gasteiger partial charge in [-0.15, -0.1) is 0 Å². The number of hydroxylamine groups is 1. The van der Waals surface area contributed by atoms with E-state index < -0.39 is 18.0 Å². The molecule has 0 radical (unpaired) electrons. The summed E-state index contributed by atoms with van der Waals surface area (Å²) in [5.74, 6) is -0.829. The van der Waals surface area contributed by atoms with E-state index in [0.29, 0.717) is 6.42 Å². The molecule has 1 aliphatic rings. The molecule has 0 saturated heterocycles. The van der Waals surface area contributed by atoms with Gasteiger partial charge in [0.15, 0.2) is 0 Å². The number of nitrogens with one attached hydrogen (secondary N) is 2. The van der Waals surface area contributed by atoms with Crippen molar-refractivity contribution in [1.29, 1.82) is 0 Å². The molecule has 8 heteroatoms. The van der Waals surface area contributed by atoms with Crippen LogP contribution in [0.3, 0.4) is 0 Å². The van der Waals surface area contributed by atoms with E-state index in [1.807, 2.05) is 30.3 Å². The van der Waals surface area contributed by atoms with Gasteiger partial charge in [-0.3, -0.25) is 14.8 Å². The first-order valence-corrected chi connectivity index (χ1v) is 8.11. The van der Waals surface area contributed by atoms with E-state index in [1.165, 1.54) is 0 Å². The first kappa shape index (κ1) is 20.4. The van der Waals surface area contributed by atoms with Crippen molar-refractivity contribution < 1.29 is 29.8 Å². The molecular formula is C17H24N2O6. The maximum atomic E-state index is 12.0. The highest BCUT2D eigenvalue weighted by Crippen LogP contribution is 2.24. The monoisotopic (exact) mass is 352 g/mol. The zero-order valence-corrected chi connectivity index (χ0v) is 13.9. The summed E-state index contributed by atoms with van der Waals surface area (Å²) in [7, 11) is 0. The zero-order chi connectivity index (χ0) is 18.7. The summed E-state index contributed by atoms with van der Waals surface area (Å²) < 4.78 is 0. The SMILES string of the molecule is O=C(NO)C(CNC(=O)C1CCCC1)Cc1ccccc1.O=C(O)O. The molecule has 1 atom stereocenters. The second-order valence-corrected chi connectivity index (χ2v) is 5.87. The van der Waals surface area contributed by atoms with E-state index in [-0.39, 0.29) is 18.4 Å². The Hall–Kier alpha value is -2.61. The fourth-order valence-electron chi connectivity index (χ4n) is 2.80. The largest absolute Gasteiger partial charge is 0.503 e. The average Bonchev–Trinajstić information content (AvgIpc) is 3.12. The average molecular weight is 352 g/mol. The first-order valence-electron chi connectivity index (χ1n) is 8.11. The Kier molecular flexibility index (Phi) is 9.02. The van der Waals surface area contributed by atoms with Crippen LogP contribution in [0, 0.1) is 11.8 Å². The van der Waals surface area contributed by atoms with Crippen LogP contribution in [0.2, 0.25) is 0 Å². The van der Waals surface area contributed by atoms with E-state index in [0.717, 1.165) is 31.2 Å². The molecular weight excluding hydrogens is 328 g/mol. The molecule has 1 aromatic carbocycles. The Morgan fingerprint density at radius 1 is 1.08 bits per heavy atom. The van der Waals surface area contributed by atoms with Gasteiger partial charge in [-0.2, -0.15) is 0 Å². The quantitative estimate of drug-likeness (QED) is 0.392. The van der Waals surface area contributed by atoms with Gasteiger partial charge in [-0.25, -0.2) is 10.3 Å². The van der Waals surface area contributed by atoms with E-state index in [1.54, 1.807) is 5.48 Å². The summed E-state index contributed by atoms with van der Waals surface area (Å²) >= 11 is 0. The smallest absolute Gasteiger partial charge is 0.450 e. The lowest BCUT2D eigenvalue weighted by molar-refractivity contribution is -0.133. The molecule has 138 valence electrons. The highest BCUT2D eigenvalue weighted by Gasteiger charge is 2.25. The molecule has 2 rings (SSSR count). The van der Waals surface area contributed by atoms with Crippen LogP contribution in [0.15, 0.2) is 30.3 Å². The summed E-state index contributed by atoms with van der Waals surface area (Å²) in [5.41, 5.74) is 2.69. The fourth-order valence-corrected chi connectivity index (χ4v) is 2.80. The molecule has 1 fully saturated rings. The summed E-state index contributed by atoms with van der Waals surface area (Å²) in [6.45, 7) is 0.247. The Bertz CT molecular complexity index is 554. The van der Waals surface area contributed by atoms with Gasteiger partial charge in [0.1, 0.15) is 0 Å². The molecule has 0 aliphatic heterocycles. The fraction of sp³-hybridized carbons (Fsp3) is 0.471. The van der Waals surface area contributed by atoms with Crippen molar-refractivity contribution in [2.75, 3.05) is 6.54 Å². The van der Waals surface area contributed by atoms with Crippen molar-refractivity contribution in [2.45, 2.75) is 32.1 Å². The first-order chi connectivity index (χ1) is 11.9. The van der Waals surface area contributed by atoms with Crippen LogP contribution in [-0.2, 0) is 16.0 Å². The predicted octanol–water partition coefficient (Wildman–Crippen LogP) is 1.88. The van der Waals surface area contributed by atoms with E-state index in [9.17, 15) is 9.59 Å². The predicted molar refractivity (Wildman–Crippen MR) is 89.2 cm³/mol. The van der Waals surface area contributed by atoms with Crippen LogP contribution in [0.25, 0.3) is 0 Å². The highest BCUT2D eigenvalue weighted by molar-refractivity contribution is 5.81. The lowest BCUT2D eigenvalue weighted by atomic mass is 9.98. The minimum atomic E-state index is -1.83. The van der Waals surface area contributed by atoms with Gasteiger partial charge in [0.25, 0.3) is 0 Å². The summed E-state index contributed by atoms with van der Waals surface area (Å²) in [4.78, 5) is 32.3. The van der Waals surface area contributed by atoms with Crippen LogP contribution in [-0.4, -0.2) is 39.9 Å². The third kappa shape index (κ3) is 8.16. The number of hydrogen-bond acceptors (Lipinski definition) is 4. The van der Waals surface area contributed by atoms with Crippen molar-refractivity contribution in [3.8, 4) is 0 Å². The molecule has 1 aliphatic carbocycles. The summed E-state index contributed by atoms with van der Waals surface area (Å²) in [6, 6.07) is 9.57. The number of carbonyl (C=O) groups excluding carboxylic acids is 2. The second kappa shape index (κ2) is 11.0. The Balaban J connectivity index is 0.000000705. The molecule has 25 heavy (non-hydrogen) atoms. The number of amides is 2. The number of benzene rings is 1. The van der Waals surface area contributed by atoms with Gasteiger partial charge < -0.3 is 15.5 Å². The Morgan fingerprint density at radius 2 is 1.64 bits per heavy atom. The van der Waals surface area contributed by atoms with Gasteiger partial charge in [0.05, 0.1) is 5.92 Å². The van der Waals surface area contributed by atoms with Gasteiger partial charge in [-0.05, 0) is 24.8 Å². The molecule has 0 bridgehead atoms. The van der Waals surface area contributed by atoms with Crippen molar-refractivity contribution in [1.82, 2.24) is 10.8 Å². The Labute approximate surface area is 145 Å². The van der Waals surface area contributed by atoms with Gasteiger partial charge in [0, 0.05) is 12.5 Å². The van der Waals surface area contributed by atoms with E-state index >= 15 is 0 Å². The normalized spacial score (nSPS) is 14.8. The topological polar surface area (TPSA) is 136 Å². The maximum absolute atomic E-state index is 12.0. The van der Waals surface area contributed by atoms with Crippen molar-refractivity contribution in [3.05, 3.63) is 35.9 Å². The van der Waals surface area contributed by atoms with Crippen molar-refractivity contribution in [2.24, 2.45) is 11.8 Å². The minimum Gasteiger partial charge on any atom is -0.450 e. The molecule has 2 amide bonds. The molecule has 8 nitrogen and oxygen atoms in total. The zero-order valence-electron chi connectivity index (χ0n) is 13.9. The number of carbonyl (C=O) groups is 3. The molecule has 1 saturated carbocycles. The molecule has 1 unspecified atom stereocenters. The second-order valence-electron chi connectivity index (χ2n) is 5.87. The maximum Gasteiger partial charge on any atom is 0.503 e. The molecule has 0 aromatic heterocycles. The van der Waals surface area contributed by atoms with Crippen molar-refractivity contribution in [3.63, 3.8) is 0 Å².